The number of hydrogen-bond donors (Lipinski definition) is 0. The summed E-state index contributed by atoms with van der Waals surface area (Å²) >= 11 is 0. The van der Waals surface area contributed by atoms with Crippen LogP contribution in [-0.2, 0) is 9.47 Å². The van der Waals surface area contributed by atoms with Crippen molar-refractivity contribution in [2.45, 2.75) is 46.0 Å². The molecule has 0 aromatic heterocycles. The SMILES string of the molecule is CCC(CC)O[C@H](OC)[C@H](C)C[N+](=O)[O-]. The van der Waals surface area contributed by atoms with Gasteiger partial charge in [0.05, 0.1) is 12.0 Å². The van der Waals surface area contributed by atoms with Gasteiger partial charge in [-0.15, -0.1) is 0 Å². The molecule has 0 aromatic rings. The van der Waals surface area contributed by atoms with Gasteiger partial charge in [-0.3, -0.25) is 10.1 Å². The van der Waals surface area contributed by atoms with E-state index in [1.54, 1.807) is 6.92 Å². The number of nitrogens with zero attached hydrogens (tertiary/aromatic N) is 1. The van der Waals surface area contributed by atoms with Crippen LogP contribution in [0, 0.1) is 16.0 Å². The Morgan fingerprint density at radius 3 is 2.20 bits per heavy atom. The highest BCUT2D eigenvalue weighted by Gasteiger charge is 2.24. The Morgan fingerprint density at radius 1 is 1.33 bits per heavy atom. The molecule has 0 aliphatic carbocycles. The lowest BCUT2D eigenvalue weighted by Gasteiger charge is -2.25. The number of nitro groups is 1. The van der Waals surface area contributed by atoms with E-state index < -0.39 is 6.29 Å². The maximum atomic E-state index is 10.3. The highest BCUT2D eigenvalue weighted by molar-refractivity contribution is 4.60. The molecule has 90 valence electrons. The number of ether oxygens (including phenoxy) is 2. The van der Waals surface area contributed by atoms with Crippen LogP contribution in [0.3, 0.4) is 0 Å². The average molecular weight is 219 g/mol. The van der Waals surface area contributed by atoms with E-state index in [9.17, 15) is 10.1 Å². The molecule has 0 radical (unpaired) electrons. The van der Waals surface area contributed by atoms with Gasteiger partial charge in [-0.2, -0.15) is 0 Å². The van der Waals surface area contributed by atoms with Crippen LogP contribution in [0.5, 0.6) is 0 Å². The molecule has 5 nitrogen and oxygen atoms in total. The summed E-state index contributed by atoms with van der Waals surface area (Å²) < 4.78 is 10.8. The molecule has 0 saturated carbocycles. The van der Waals surface area contributed by atoms with E-state index in [2.05, 4.69) is 0 Å². The van der Waals surface area contributed by atoms with E-state index in [1.807, 2.05) is 13.8 Å². The molecule has 0 rings (SSSR count). The normalized spacial score (nSPS) is 15.3. The first-order chi connectivity index (χ1) is 7.04. The topological polar surface area (TPSA) is 61.6 Å². The zero-order valence-corrected chi connectivity index (χ0v) is 9.93. The summed E-state index contributed by atoms with van der Waals surface area (Å²) in [4.78, 5) is 10.0. The van der Waals surface area contributed by atoms with Crippen LogP contribution in [0.1, 0.15) is 33.6 Å². The standard InChI is InChI=1S/C10H21NO4/c1-5-9(6-2)15-10(14-4)8(3)7-11(12)13/h8-10H,5-7H2,1-4H3/t8-,10+/m1/s1. The Hall–Kier alpha value is -0.680. The van der Waals surface area contributed by atoms with E-state index in [1.165, 1.54) is 7.11 Å². The van der Waals surface area contributed by atoms with Gasteiger partial charge in [-0.05, 0) is 12.8 Å². The number of methoxy groups -OCH3 is 1. The second kappa shape index (κ2) is 7.59. The van der Waals surface area contributed by atoms with Crippen molar-refractivity contribution in [1.29, 1.82) is 0 Å². The third-order valence-electron chi connectivity index (χ3n) is 2.37. The first-order valence-electron chi connectivity index (χ1n) is 5.35. The zero-order valence-electron chi connectivity index (χ0n) is 9.93. The maximum Gasteiger partial charge on any atom is 0.211 e. The lowest BCUT2D eigenvalue weighted by atomic mass is 10.1. The smallest absolute Gasteiger partial charge is 0.211 e. The second-order valence-electron chi connectivity index (χ2n) is 3.67. The van der Waals surface area contributed by atoms with Crippen molar-refractivity contribution in [3.63, 3.8) is 0 Å². The van der Waals surface area contributed by atoms with E-state index in [0.29, 0.717) is 0 Å². The van der Waals surface area contributed by atoms with E-state index >= 15 is 0 Å². The molecule has 0 aromatic carbocycles. The fraction of sp³-hybridized carbons (Fsp3) is 1.00. The second-order valence-corrected chi connectivity index (χ2v) is 3.67. The molecule has 0 aliphatic heterocycles. The lowest BCUT2D eigenvalue weighted by molar-refractivity contribution is -0.493. The first kappa shape index (κ1) is 14.3. The maximum absolute atomic E-state index is 10.3. The van der Waals surface area contributed by atoms with E-state index in [-0.39, 0.29) is 23.5 Å². The van der Waals surface area contributed by atoms with Gasteiger partial charge in [0, 0.05) is 12.0 Å². The van der Waals surface area contributed by atoms with Crippen LogP contribution in [-0.4, -0.2) is 31.0 Å². The molecule has 0 fully saturated rings. The summed E-state index contributed by atoms with van der Waals surface area (Å²) in [7, 11) is 1.52. The largest absolute Gasteiger partial charge is 0.355 e. The van der Waals surface area contributed by atoms with Crippen LogP contribution < -0.4 is 0 Å². The average Bonchev–Trinajstić information content (AvgIpc) is 2.18. The summed E-state index contributed by atoms with van der Waals surface area (Å²) in [5.41, 5.74) is 0. The van der Waals surface area contributed by atoms with Crippen LogP contribution in [0.2, 0.25) is 0 Å². The quantitative estimate of drug-likeness (QED) is 0.356. The highest BCUT2D eigenvalue weighted by Crippen LogP contribution is 2.14. The van der Waals surface area contributed by atoms with Crippen molar-refractivity contribution in [2.75, 3.05) is 13.7 Å². The van der Waals surface area contributed by atoms with E-state index in [0.717, 1.165) is 12.8 Å². The summed E-state index contributed by atoms with van der Waals surface area (Å²) in [6.07, 6.45) is 1.41. The van der Waals surface area contributed by atoms with Crippen LogP contribution in [0.25, 0.3) is 0 Å². The van der Waals surface area contributed by atoms with Crippen LogP contribution in [0.4, 0.5) is 0 Å². The highest BCUT2D eigenvalue weighted by atomic mass is 16.7. The molecule has 0 saturated heterocycles. The van der Waals surface area contributed by atoms with Gasteiger partial charge in [0.1, 0.15) is 0 Å². The van der Waals surface area contributed by atoms with Gasteiger partial charge in [-0.1, -0.05) is 20.8 Å². The van der Waals surface area contributed by atoms with Crippen molar-refractivity contribution in [2.24, 2.45) is 5.92 Å². The predicted octanol–water partition coefficient (Wildman–Crippen LogP) is 2.08. The van der Waals surface area contributed by atoms with Gasteiger partial charge in [0.25, 0.3) is 0 Å². The Labute approximate surface area is 90.9 Å². The monoisotopic (exact) mass is 219 g/mol. The Balaban J connectivity index is 4.15. The lowest BCUT2D eigenvalue weighted by Crippen LogP contribution is -2.32. The summed E-state index contributed by atoms with van der Waals surface area (Å²) in [6, 6.07) is 0. The molecule has 0 amide bonds. The van der Waals surface area contributed by atoms with Gasteiger partial charge < -0.3 is 9.47 Å². The van der Waals surface area contributed by atoms with Crippen molar-refractivity contribution in [3.05, 3.63) is 10.1 Å². The van der Waals surface area contributed by atoms with Gasteiger partial charge >= 0.3 is 0 Å². The van der Waals surface area contributed by atoms with Crippen molar-refractivity contribution < 1.29 is 14.4 Å². The predicted molar refractivity (Wildman–Crippen MR) is 57.3 cm³/mol. The minimum atomic E-state index is -0.486. The molecular weight excluding hydrogens is 198 g/mol. The fourth-order valence-electron chi connectivity index (χ4n) is 1.41. The Morgan fingerprint density at radius 2 is 1.87 bits per heavy atom. The summed E-state index contributed by atoms with van der Waals surface area (Å²) in [6.45, 7) is 5.69. The minimum absolute atomic E-state index is 0.115. The Kier molecular flexibility index (Phi) is 7.25. The van der Waals surface area contributed by atoms with Gasteiger partial charge in [-0.25, -0.2) is 0 Å². The molecule has 0 spiro atoms. The molecule has 2 atom stereocenters. The molecule has 0 unspecified atom stereocenters. The molecule has 15 heavy (non-hydrogen) atoms. The molecule has 5 heteroatoms. The van der Waals surface area contributed by atoms with Crippen molar-refractivity contribution in [1.82, 2.24) is 0 Å². The van der Waals surface area contributed by atoms with Crippen molar-refractivity contribution in [3.8, 4) is 0 Å². The molecule has 0 bridgehead atoms. The Bertz CT molecular complexity index is 182. The molecule has 0 aliphatic rings. The van der Waals surface area contributed by atoms with Crippen molar-refractivity contribution >= 4 is 0 Å². The van der Waals surface area contributed by atoms with Crippen LogP contribution in [0.15, 0.2) is 0 Å². The summed E-state index contributed by atoms with van der Waals surface area (Å²) in [5.74, 6) is -0.231. The number of hydrogen-bond acceptors (Lipinski definition) is 4. The fourth-order valence-corrected chi connectivity index (χ4v) is 1.41. The van der Waals surface area contributed by atoms with Crippen LogP contribution >= 0.6 is 0 Å². The van der Waals surface area contributed by atoms with E-state index in [4.69, 9.17) is 9.47 Å². The van der Waals surface area contributed by atoms with Gasteiger partial charge in [0.15, 0.2) is 6.29 Å². The molecule has 0 heterocycles. The zero-order chi connectivity index (χ0) is 11.8. The number of rotatable bonds is 8. The first-order valence-corrected chi connectivity index (χ1v) is 5.35. The third kappa shape index (κ3) is 5.69. The molecule has 0 N–H and O–H groups in total. The summed E-state index contributed by atoms with van der Waals surface area (Å²) in [5, 5.41) is 10.3. The minimum Gasteiger partial charge on any atom is -0.355 e. The third-order valence-corrected chi connectivity index (χ3v) is 2.37. The van der Waals surface area contributed by atoms with Gasteiger partial charge in [0.2, 0.25) is 6.54 Å². The molecular formula is C10H21NO4.